The molecule has 0 unspecified atom stereocenters. The van der Waals surface area contributed by atoms with E-state index in [0.717, 1.165) is 6.07 Å². The first-order valence-corrected chi connectivity index (χ1v) is 3.64. The van der Waals surface area contributed by atoms with E-state index in [9.17, 15) is 13.2 Å². The summed E-state index contributed by atoms with van der Waals surface area (Å²) in [5.74, 6) is 0. The fraction of sp³-hybridized carbons (Fsp3) is 0.222. The van der Waals surface area contributed by atoms with E-state index in [4.69, 9.17) is 7.05 Å². The summed E-state index contributed by atoms with van der Waals surface area (Å²) in [6, 6.07) is 5.32. The highest BCUT2D eigenvalue weighted by molar-refractivity contribution is 5.29. The van der Waals surface area contributed by atoms with E-state index in [1.165, 1.54) is 12.1 Å². The fourth-order valence-electron chi connectivity index (χ4n) is 1.06. The normalized spacial score (nSPS) is 11.7. The van der Waals surface area contributed by atoms with Crippen LogP contribution in [-0.2, 0) is 12.7 Å². The van der Waals surface area contributed by atoms with Gasteiger partial charge in [-0.05, 0) is 11.6 Å². The van der Waals surface area contributed by atoms with Crippen LogP contribution >= 0.6 is 0 Å². The minimum atomic E-state index is -4.31. The van der Waals surface area contributed by atoms with Gasteiger partial charge >= 0.3 is 6.18 Å². The van der Waals surface area contributed by atoms with Gasteiger partial charge < -0.3 is 5.32 Å². The molecular weight excluding hydrogens is 179 g/mol. The van der Waals surface area contributed by atoms with Crippen LogP contribution in [0.25, 0.3) is 0 Å². The number of rotatable bonds is 2. The molecule has 2 radical (unpaired) electrons. The number of halogens is 3. The second kappa shape index (κ2) is 3.79. The Hall–Kier alpha value is -1.03. The lowest BCUT2D eigenvalue weighted by atomic mass is 10.1. The lowest BCUT2D eigenvalue weighted by Gasteiger charge is -2.11. The van der Waals surface area contributed by atoms with Crippen LogP contribution in [0.1, 0.15) is 11.1 Å². The summed E-state index contributed by atoms with van der Waals surface area (Å²) in [4.78, 5) is 0. The third-order valence-corrected chi connectivity index (χ3v) is 1.62. The Kier molecular flexibility index (Phi) is 2.93. The lowest BCUT2D eigenvalue weighted by Crippen LogP contribution is -2.12. The first-order chi connectivity index (χ1) is 6.05. The van der Waals surface area contributed by atoms with Crippen LogP contribution in [-0.4, -0.2) is 0 Å². The van der Waals surface area contributed by atoms with Crippen LogP contribution in [0, 0.1) is 7.05 Å². The summed E-state index contributed by atoms with van der Waals surface area (Å²) in [6.45, 7) is 0.00961. The molecule has 0 heterocycles. The van der Waals surface area contributed by atoms with E-state index in [0.29, 0.717) is 0 Å². The average molecular weight is 187 g/mol. The SMILES string of the molecule is [CH]NCc1ccccc1C(F)(F)F. The largest absolute Gasteiger partial charge is 0.416 e. The molecule has 1 aromatic rings. The molecule has 0 amide bonds. The van der Waals surface area contributed by atoms with Gasteiger partial charge in [-0.2, -0.15) is 13.2 Å². The minimum Gasteiger partial charge on any atom is -0.307 e. The molecule has 0 saturated heterocycles. The minimum absolute atomic E-state index is 0.00961. The highest BCUT2D eigenvalue weighted by Gasteiger charge is 2.32. The molecule has 0 aliphatic carbocycles. The smallest absolute Gasteiger partial charge is 0.307 e. The van der Waals surface area contributed by atoms with Crippen molar-refractivity contribution in [3.63, 3.8) is 0 Å². The number of nitrogens with one attached hydrogen (secondary N) is 1. The van der Waals surface area contributed by atoms with Gasteiger partial charge in [-0.3, -0.25) is 0 Å². The molecule has 1 rings (SSSR count). The van der Waals surface area contributed by atoms with Gasteiger partial charge in [-0.25, -0.2) is 0 Å². The number of benzene rings is 1. The van der Waals surface area contributed by atoms with E-state index in [1.807, 2.05) is 0 Å². The van der Waals surface area contributed by atoms with Crippen molar-refractivity contribution in [3.8, 4) is 0 Å². The molecule has 1 aromatic carbocycles. The van der Waals surface area contributed by atoms with Crippen LogP contribution in [0.4, 0.5) is 13.2 Å². The average Bonchev–Trinajstić information content (AvgIpc) is 2.04. The zero-order chi connectivity index (χ0) is 9.90. The van der Waals surface area contributed by atoms with Gasteiger partial charge in [-0.15, -0.1) is 0 Å². The molecule has 70 valence electrons. The van der Waals surface area contributed by atoms with Gasteiger partial charge in [0.25, 0.3) is 0 Å². The van der Waals surface area contributed by atoms with Crippen LogP contribution in [0.3, 0.4) is 0 Å². The van der Waals surface area contributed by atoms with Gasteiger partial charge in [0.15, 0.2) is 0 Å². The summed E-state index contributed by atoms with van der Waals surface area (Å²) < 4.78 is 36.9. The van der Waals surface area contributed by atoms with Gasteiger partial charge in [-0.1, -0.05) is 18.2 Å². The summed E-state index contributed by atoms with van der Waals surface area (Å²) in [5.41, 5.74) is -0.495. The zero-order valence-corrected chi connectivity index (χ0v) is 6.73. The van der Waals surface area contributed by atoms with Crippen molar-refractivity contribution in [2.24, 2.45) is 0 Å². The fourth-order valence-corrected chi connectivity index (χ4v) is 1.06. The first kappa shape index (κ1) is 10.1. The Morgan fingerprint density at radius 3 is 2.38 bits per heavy atom. The molecule has 13 heavy (non-hydrogen) atoms. The second-order valence-corrected chi connectivity index (χ2v) is 2.54. The lowest BCUT2D eigenvalue weighted by molar-refractivity contribution is -0.138. The molecular formula is C9H8F3N. The Morgan fingerprint density at radius 2 is 1.85 bits per heavy atom. The van der Waals surface area contributed by atoms with Crippen LogP contribution in [0.2, 0.25) is 0 Å². The summed E-state index contributed by atoms with van der Waals surface area (Å²) in [7, 11) is 4.96. The van der Waals surface area contributed by atoms with Crippen LogP contribution in [0.15, 0.2) is 24.3 Å². The Bertz CT molecular complexity index is 280. The van der Waals surface area contributed by atoms with Crippen molar-refractivity contribution < 1.29 is 13.2 Å². The monoisotopic (exact) mass is 187 g/mol. The van der Waals surface area contributed by atoms with Crippen molar-refractivity contribution in [3.05, 3.63) is 42.4 Å². The third-order valence-electron chi connectivity index (χ3n) is 1.62. The zero-order valence-electron chi connectivity index (χ0n) is 6.73. The summed E-state index contributed by atoms with van der Waals surface area (Å²) in [5, 5.41) is 2.20. The van der Waals surface area contributed by atoms with Crippen molar-refractivity contribution >= 4 is 0 Å². The predicted octanol–water partition coefficient (Wildman–Crippen LogP) is 2.46. The summed E-state index contributed by atoms with van der Waals surface area (Å²) >= 11 is 0. The highest BCUT2D eigenvalue weighted by Crippen LogP contribution is 2.31. The number of hydrogen-bond acceptors (Lipinski definition) is 1. The number of alkyl halides is 3. The van der Waals surface area contributed by atoms with Crippen molar-refractivity contribution in [2.45, 2.75) is 12.7 Å². The molecule has 0 spiro atoms. The van der Waals surface area contributed by atoms with Gasteiger partial charge in [0, 0.05) is 13.6 Å². The molecule has 0 fully saturated rings. The molecule has 1 nitrogen and oxygen atoms in total. The predicted molar refractivity (Wildman–Crippen MR) is 42.6 cm³/mol. The van der Waals surface area contributed by atoms with Crippen molar-refractivity contribution in [2.75, 3.05) is 0 Å². The second-order valence-electron chi connectivity index (χ2n) is 2.54. The quantitative estimate of drug-likeness (QED) is 0.701. The maximum atomic E-state index is 12.3. The molecule has 4 heteroatoms. The van der Waals surface area contributed by atoms with Gasteiger partial charge in [0.2, 0.25) is 0 Å². The Morgan fingerprint density at radius 1 is 1.23 bits per heavy atom. The molecule has 1 N–H and O–H groups in total. The third kappa shape index (κ3) is 2.45. The van der Waals surface area contributed by atoms with Crippen LogP contribution < -0.4 is 5.32 Å². The molecule has 0 aliphatic rings. The number of hydrogen-bond donors (Lipinski definition) is 1. The van der Waals surface area contributed by atoms with E-state index in [1.54, 1.807) is 6.07 Å². The topological polar surface area (TPSA) is 12.0 Å². The Labute approximate surface area is 74.6 Å². The molecule has 0 aromatic heterocycles. The van der Waals surface area contributed by atoms with Crippen LogP contribution in [0.5, 0.6) is 0 Å². The van der Waals surface area contributed by atoms with Gasteiger partial charge in [0.1, 0.15) is 0 Å². The van der Waals surface area contributed by atoms with E-state index < -0.39 is 11.7 Å². The molecule has 0 saturated carbocycles. The van der Waals surface area contributed by atoms with Crippen molar-refractivity contribution in [1.82, 2.24) is 5.32 Å². The van der Waals surface area contributed by atoms with Gasteiger partial charge in [0.05, 0.1) is 5.56 Å². The maximum Gasteiger partial charge on any atom is 0.416 e. The first-order valence-electron chi connectivity index (χ1n) is 3.64. The van der Waals surface area contributed by atoms with E-state index in [2.05, 4.69) is 5.32 Å². The maximum absolute atomic E-state index is 12.3. The molecule has 0 atom stereocenters. The molecule has 0 bridgehead atoms. The molecule has 0 aliphatic heterocycles. The summed E-state index contributed by atoms with van der Waals surface area (Å²) in [6.07, 6.45) is -4.31. The highest BCUT2D eigenvalue weighted by atomic mass is 19.4. The standard InChI is InChI=1S/C9H8F3N/c1-13-6-7-4-2-3-5-8(7)9(10,11)12/h1-5,13H,6H2. The Balaban J connectivity index is 3.05. The van der Waals surface area contributed by atoms with E-state index >= 15 is 0 Å². The van der Waals surface area contributed by atoms with Crippen molar-refractivity contribution in [1.29, 1.82) is 0 Å². The van der Waals surface area contributed by atoms with E-state index in [-0.39, 0.29) is 12.1 Å².